The largest absolute Gasteiger partial charge is 0.462 e. The highest BCUT2D eigenvalue weighted by Gasteiger charge is 2.28. The molecule has 0 saturated carbocycles. The number of aromatic nitrogens is 1. The maximum Gasteiger partial charge on any atom is 0.339 e. The number of guanidine groups is 1. The summed E-state index contributed by atoms with van der Waals surface area (Å²) in [5.41, 5.74) is 0.488. The van der Waals surface area contributed by atoms with Crippen LogP contribution in [0, 0.1) is 0 Å². The highest BCUT2D eigenvalue weighted by Crippen LogP contribution is 2.18. The second-order valence-corrected chi connectivity index (χ2v) is 5.38. The molecule has 2 aliphatic rings. The van der Waals surface area contributed by atoms with E-state index in [1.54, 1.807) is 19.2 Å². The maximum atomic E-state index is 11.6. The van der Waals surface area contributed by atoms with Gasteiger partial charge >= 0.3 is 5.97 Å². The summed E-state index contributed by atoms with van der Waals surface area (Å²) in [6, 6.07) is 4.00. The standard InChI is InChI=1S/C15H21N5O2/c1-2-22-14(21)11-4-5-13(18-8-11)20-9-12(10-20)19-15-16-6-3-7-17-15/h4-5,8,12H,2-3,6-7,9-10H2,1H3,(H2,16,17,19). The van der Waals surface area contributed by atoms with Crippen LogP contribution in [0.4, 0.5) is 5.82 Å². The van der Waals surface area contributed by atoms with Crippen molar-refractivity contribution < 1.29 is 9.53 Å². The van der Waals surface area contributed by atoms with Gasteiger partial charge in [-0.25, -0.2) is 9.78 Å². The van der Waals surface area contributed by atoms with E-state index < -0.39 is 0 Å². The number of esters is 1. The molecule has 0 amide bonds. The fourth-order valence-corrected chi connectivity index (χ4v) is 2.49. The molecule has 1 aromatic rings. The second-order valence-electron chi connectivity index (χ2n) is 5.38. The lowest BCUT2D eigenvalue weighted by molar-refractivity contribution is 0.0526. The number of hydrogen-bond donors (Lipinski definition) is 2. The van der Waals surface area contributed by atoms with Crippen molar-refractivity contribution >= 4 is 17.7 Å². The van der Waals surface area contributed by atoms with Crippen molar-refractivity contribution in [3.63, 3.8) is 0 Å². The number of aliphatic imine (C=N–C) groups is 1. The summed E-state index contributed by atoms with van der Waals surface area (Å²) in [6.07, 6.45) is 2.67. The average Bonchev–Trinajstić information content (AvgIpc) is 2.52. The van der Waals surface area contributed by atoms with Crippen LogP contribution >= 0.6 is 0 Å². The summed E-state index contributed by atoms with van der Waals surface area (Å²) in [4.78, 5) is 22.5. The first kappa shape index (κ1) is 14.6. The van der Waals surface area contributed by atoms with Gasteiger partial charge in [0.05, 0.1) is 18.2 Å². The fourth-order valence-electron chi connectivity index (χ4n) is 2.49. The normalized spacial score (nSPS) is 18.0. The van der Waals surface area contributed by atoms with Gasteiger partial charge in [-0.3, -0.25) is 4.99 Å². The summed E-state index contributed by atoms with van der Waals surface area (Å²) in [6.45, 7) is 5.80. The van der Waals surface area contributed by atoms with Crippen LogP contribution in [-0.2, 0) is 4.74 Å². The highest BCUT2D eigenvalue weighted by atomic mass is 16.5. The van der Waals surface area contributed by atoms with Gasteiger partial charge in [-0.1, -0.05) is 0 Å². The minimum Gasteiger partial charge on any atom is -0.462 e. The second kappa shape index (κ2) is 6.64. The lowest BCUT2D eigenvalue weighted by Crippen LogP contribution is -2.62. The predicted octanol–water partition coefficient (Wildman–Crippen LogP) is 0.386. The molecule has 7 heteroatoms. The third-order valence-electron chi connectivity index (χ3n) is 3.70. The van der Waals surface area contributed by atoms with Crippen LogP contribution < -0.4 is 15.5 Å². The fraction of sp³-hybridized carbons (Fsp3) is 0.533. The van der Waals surface area contributed by atoms with E-state index in [-0.39, 0.29) is 5.97 Å². The Labute approximate surface area is 129 Å². The van der Waals surface area contributed by atoms with Crippen molar-refractivity contribution in [2.24, 2.45) is 4.99 Å². The molecule has 7 nitrogen and oxygen atoms in total. The molecule has 0 unspecified atom stereocenters. The molecule has 0 spiro atoms. The Bertz CT molecular complexity index is 552. The van der Waals surface area contributed by atoms with Gasteiger partial charge in [0.15, 0.2) is 5.96 Å². The molecular weight excluding hydrogens is 282 g/mol. The highest BCUT2D eigenvalue weighted by molar-refractivity contribution is 5.89. The van der Waals surface area contributed by atoms with Gasteiger partial charge in [-0.15, -0.1) is 0 Å². The molecule has 1 fully saturated rings. The van der Waals surface area contributed by atoms with E-state index in [9.17, 15) is 4.79 Å². The molecule has 3 heterocycles. The van der Waals surface area contributed by atoms with E-state index in [4.69, 9.17) is 4.74 Å². The number of pyridine rings is 1. The zero-order valence-corrected chi connectivity index (χ0v) is 12.7. The van der Waals surface area contributed by atoms with E-state index in [0.717, 1.165) is 44.4 Å². The third-order valence-corrected chi connectivity index (χ3v) is 3.70. The Kier molecular flexibility index (Phi) is 4.41. The van der Waals surface area contributed by atoms with Crippen LogP contribution in [0.15, 0.2) is 23.3 Å². The van der Waals surface area contributed by atoms with Crippen LogP contribution in [0.1, 0.15) is 23.7 Å². The number of ether oxygens (including phenoxy) is 1. The van der Waals surface area contributed by atoms with Gasteiger partial charge in [-0.2, -0.15) is 0 Å². The summed E-state index contributed by atoms with van der Waals surface area (Å²) in [5, 5.41) is 6.65. The van der Waals surface area contributed by atoms with Crippen LogP contribution in [-0.4, -0.2) is 55.7 Å². The molecule has 0 aliphatic carbocycles. The third kappa shape index (κ3) is 3.29. The molecule has 2 N–H and O–H groups in total. The van der Waals surface area contributed by atoms with Crippen molar-refractivity contribution in [2.75, 3.05) is 37.7 Å². The van der Waals surface area contributed by atoms with Gasteiger partial charge in [0.1, 0.15) is 5.82 Å². The first-order chi connectivity index (χ1) is 10.8. The SMILES string of the molecule is CCOC(=O)c1ccc(N2CC(NC3=NCCCN3)C2)nc1. The van der Waals surface area contributed by atoms with Gasteiger partial charge < -0.3 is 20.3 Å². The van der Waals surface area contributed by atoms with Crippen molar-refractivity contribution in [2.45, 2.75) is 19.4 Å². The van der Waals surface area contributed by atoms with Crippen LogP contribution in [0.2, 0.25) is 0 Å². The van der Waals surface area contributed by atoms with E-state index in [2.05, 4.69) is 25.5 Å². The minimum atomic E-state index is -0.328. The number of anilines is 1. The number of hydrogen-bond acceptors (Lipinski definition) is 7. The zero-order chi connectivity index (χ0) is 15.4. The van der Waals surface area contributed by atoms with Crippen molar-refractivity contribution in [3.05, 3.63) is 23.9 Å². The number of nitrogens with zero attached hydrogens (tertiary/aromatic N) is 3. The molecule has 1 aromatic heterocycles. The number of carbonyl (C=O) groups excluding carboxylic acids is 1. The van der Waals surface area contributed by atoms with Crippen LogP contribution in [0.5, 0.6) is 0 Å². The first-order valence-electron chi connectivity index (χ1n) is 7.69. The predicted molar refractivity (Wildman–Crippen MR) is 84.3 cm³/mol. The van der Waals surface area contributed by atoms with Crippen molar-refractivity contribution in [3.8, 4) is 0 Å². The molecule has 118 valence electrons. The van der Waals surface area contributed by atoms with E-state index >= 15 is 0 Å². The zero-order valence-electron chi connectivity index (χ0n) is 12.7. The Morgan fingerprint density at radius 1 is 1.50 bits per heavy atom. The topological polar surface area (TPSA) is 78.8 Å². The smallest absolute Gasteiger partial charge is 0.339 e. The monoisotopic (exact) mass is 303 g/mol. The Hall–Kier alpha value is -2.31. The molecule has 3 rings (SSSR count). The summed E-state index contributed by atoms with van der Waals surface area (Å²) >= 11 is 0. The summed E-state index contributed by atoms with van der Waals surface area (Å²) in [7, 11) is 0. The summed E-state index contributed by atoms with van der Waals surface area (Å²) in [5.74, 6) is 1.46. The maximum absolute atomic E-state index is 11.6. The summed E-state index contributed by atoms with van der Waals surface area (Å²) < 4.78 is 4.95. The minimum absolute atomic E-state index is 0.328. The molecule has 0 aromatic carbocycles. The lowest BCUT2D eigenvalue weighted by Gasteiger charge is -2.41. The average molecular weight is 303 g/mol. The molecule has 1 saturated heterocycles. The van der Waals surface area contributed by atoms with E-state index in [0.29, 0.717) is 18.2 Å². The van der Waals surface area contributed by atoms with E-state index in [1.807, 2.05) is 6.07 Å². The molecule has 0 radical (unpaired) electrons. The van der Waals surface area contributed by atoms with Crippen LogP contribution in [0.3, 0.4) is 0 Å². The van der Waals surface area contributed by atoms with Crippen molar-refractivity contribution in [1.82, 2.24) is 15.6 Å². The van der Waals surface area contributed by atoms with Gasteiger partial charge in [0.2, 0.25) is 0 Å². The van der Waals surface area contributed by atoms with Gasteiger partial charge in [-0.05, 0) is 25.5 Å². The quantitative estimate of drug-likeness (QED) is 0.783. The number of carbonyl (C=O) groups is 1. The van der Waals surface area contributed by atoms with E-state index in [1.165, 1.54) is 0 Å². The Morgan fingerprint density at radius 2 is 2.36 bits per heavy atom. The van der Waals surface area contributed by atoms with Gasteiger partial charge in [0.25, 0.3) is 0 Å². The van der Waals surface area contributed by atoms with Gasteiger partial charge in [0, 0.05) is 32.4 Å². The molecule has 0 atom stereocenters. The van der Waals surface area contributed by atoms with Crippen molar-refractivity contribution in [1.29, 1.82) is 0 Å². The number of rotatable bonds is 4. The molecular formula is C15H21N5O2. The number of nitrogens with one attached hydrogen (secondary N) is 2. The first-order valence-corrected chi connectivity index (χ1v) is 7.69. The molecule has 0 bridgehead atoms. The lowest BCUT2D eigenvalue weighted by atomic mass is 10.1. The Morgan fingerprint density at radius 3 is 3.00 bits per heavy atom. The molecule has 22 heavy (non-hydrogen) atoms. The Balaban J connectivity index is 1.50. The molecule has 2 aliphatic heterocycles. The van der Waals surface area contributed by atoms with Crippen LogP contribution in [0.25, 0.3) is 0 Å².